The molecule has 4 N–H and O–H groups in total. The van der Waals surface area contributed by atoms with Gasteiger partial charge in [-0.3, -0.25) is 0 Å². The number of carboxylic acid groups (broad SMARTS) is 1. The van der Waals surface area contributed by atoms with Crippen LogP contribution in [0.4, 0.5) is 11.6 Å². The molecular formula is C21H22ClN5O2. The van der Waals surface area contributed by atoms with Gasteiger partial charge in [0.25, 0.3) is 0 Å². The molecule has 7 nitrogen and oxygen atoms in total. The average Bonchev–Trinajstić information content (AvgIpc) is 2.76. The molecule has 1 saturated heterocycles. The van der Waals surface area contributed by atoms with Crippen molar-refractivity contribution in [2.24, 2.45) is 0 Å². The van der Waals surface area contributed by atoms with Crippen molar-refractivity contribution < 1.29 is 9.90 Å². The van der Waals surface area contributed by atoms with Gasteiger partial charge in [-0.1, -0.05) is 23.7 Å². The number of hydrogen-bond donors (Lipinski definition) is 4. The number of aromatic nitrogens is 2. The van der Waals surface area contributed by atoms with Gasteiger partial charge in [0.15, 0.2) is 0 Å². The van der Waals surface area contributed by atoms with Gasteiger partial charge in [0.2, 0.25) is 5.95 Å². The molecule has 3 aromatic rings. The van der Waals surface area contributed by atoms with Crippen LogP contribution in [0, 0.1) is 0 Å². The first-order chi connectivity index (χ1) is 14.1. The minimum Gasteiger partial charge on any atom is -0.478 e. The average molecular weight is 412 g/mol. The molecule has 1 fully saturated rings. The summed E-state index contributed by atoms with van der Waals surface area (Å²) in [4.78, 5) is 19.5. The number of halogens is 1. The van der Waals surface area contributed by atoms with Crippen molar-refractivity contribution in [1.29, 1.82) is 0 Å². The highest BCUT2D eigenvalue weighted by Crippen LogP contribution is 2.21. The zero-order valence-corrected chi connectivity index (χ0v) is 16.5. The molecule has 1 aliphatic rings. The molecule has 1 aromatic heterocycles. The molecule has 0 amide bonds. The lowest BCUT2D eigenvalue weighted by Gasteiger charge is -2.11. The van der Waals surface area contributed by atoms with Gasteiger partial charge in [-0.25, -0.2) is 14.8 Å². The predicted octanol–water partition coefficient (Wildman–Crippen LogP) is 3.42. The first-order valence-electron chi connectivity index (χ1n) is 9.22. The van der Waals surface area contributed by atoms with Crippen molar-refractivity contribution in [2.45, 2.75) is 0 Å². The second kappa shape index (κ2) is 10.5. The summed E-state index contributed by atoms with van der Waals surface area (Å²) < 4.78 is 0. The maximum absolute atomic E-state index is 10.8. The highest BCUT2D eigenvalue weighted by Gasteiger charge is 2.05. The number of aromatic carboxylic acids is 1. The van der Waals surface area contributed by atoms with Crippen molar-refractivity contribution in [2.75, 3.05) is 31.5 Å². The van der Waals surface area contributed by atoms with E-state index in [9.17, 15) is 4.79 Å². The summed E-state index contributed by atoms with van der Waals surface area (Å²) in [6.45, 7) is 4.56. The van der Waals surface area contributed by atoms with E-state index in [1.165, 1.54) is 12.1 Å². The summed E-state index contributed by atoms with van der Waals surface area (Å²) in [6, 6.07) is 15.6. The third-order valence-electron chi connectivity index (χ3n) is 4.14. The first-order valence-corrected chi connectivity index (χ1v) is 9.60. The van der Waals surface area contributed by atoms with E-state index in [4.69, 9.17) is 16.7 Å². The Hall–Kier alpha value is -3.00. The molecule has 0 unspecified atom stereocenters. The minimum atomic E-state index is -0.961. The molecule has 1 aliphatic heterocycles. The van der Waals surface area contributed by atoms with Crippen LogP contribution in [0.1, 0.15) is 10.4 Å². The Morgan fingerprint density at radius 2 is 1.55 bits per heavy atom. The van der Waals surface area contributed by atoms with Crippen molar-refractivity contribution in [3.63, 3.8) is 0 Å². The van der Waals surface area contributed by atoms with Gasteiger partial charge in [0, 0.05) is 48.6 Å². The van der Waals surface area contributed by atoms with E-state index < -0.39 is 5.97 Å². The highest BCUT2D eigenvalue weighted by molar-refractivity contribution is 6.30. The van der Waals surface area contributed by atoms with Crippen LogP contribution < -0.4 is 16.0 Å². The number of carboxylic acids is 1. The fourth-order valence-electron chi connectivity index (χ4n) is 2.63. The van der Waals surface area contributed by atoms with E-state index >= 15 is 0 Å². The SMILES string of the molecule is C1CNCCN1.O=C(O)c1ccc(Nc2nccc(-c3ccc(Cl)cc3)n2)cc1. The fourth-order valence-corrected chi connectivity index (χ4v) is 2.76. The number of carbonyl (C=O) groups is 1. The number of nitrogens with one attached hydrogen (secondary N) is 3. The maximum atomic E-state index is 10.8. The Morgan fingerprint density at radius 1 is 0.931 bits per heavy atom. The minimum absolute atomic E-state index is 0.228. The van der Waals surface area contributed by atoms with E-state index in [1.54, 1.807) is 30.5 Å². The molecule has 0 spiro atoms. The van der Waals surface area contributed by atoms with Crippen molar-refractivity contribution in [3.05, 3.63) is 71.4 Å². The Balaban J connectivity index is 0.000000343. The monoisotopic (exact) mass is 411 g/mol. The summed E-state index contributed by atoms with van der Waals surface area (Å²) >= 11 is 5.89. The van der Waals surface area contributed by atoms with E-state index in [0.717, 1.165) is 37.4 Å². The van der Waals surface area contributed by atoms with E-state index in [1.807, 2.05) is 18.2 Å². The Bertz CT molecular complexity index is 917. The summed E-state index contributed by atoms with van der Waals surface area (Å²) in [5.41, 5.74) is 2.64. The molecule has 4 rings (SSSR count). The Morgan fingerprint density at radius 3 is 2.10 bits per heavy atom. The second-order valence-corrected chi connectivity index (χ2v) is 6.72. The van der Waals surface area contributed by atoms with Gasteiger partial charge in [-0.05, 0) is 42.5 Å². The summed E-state index contributed by atoms with van der Waals surface area (Å²) in [6.07, 6.45) is 1.66. The van der Waals surface area contributed by atoms with Crippen LogP contribution in [0.3, 0.4) is 0 Å². The fraction of sp³-hybridized carbons (Fsp3) is 0.190. The molecule has 0 atom stereocenters. The number of hydrogen-bond acceptors (Lipinski definition) is 6. The lowest BCUT2D eigenvalue weighted by molar-refractivity contribution is 0.0697. The molecule has 2 heterocycles. The standard InChI is InChI=1S/C17H12ClN3O2.C4H10N2/c18-13-5-1-11(2-6-13)15-9-10-19-17(21-15)20-14-7-3-12(4-8-14)16(22)23;1-2-6-4-3-5-1/h1-10H,(H,22,23)(H,19,20,21);5-6H,1-4H2. The molecule has 0 bridgehead atoms. The highest BCUT2D eigenvalue weighted by atomic mass is 35.5. The number of anilines is 2. The number of piperazine rings is 1. The van der Waals surface area contributed by atoms with Gasteiger partial charge in [0.05, 0.1) is 11.3 Å². The van der Waals surface area contributed by atoms with E-state index in [0.29, 0.717) is 16.7 Å². The molecule has 0 saturated carbocycles. The first kappa shape index (κ1) is 20.7. The molecule has 29 heavy (non-hydrogen) atoms. The second-order valence-electron chi connectivity index (χ2n) is 6.28. The van der Waals surface area contributed by atoms with Gasteiger partial charge >= 0.3 is 5.97 Å². The van der Waals surface area contributed by atoms with Crippen LogP contribution in [0.15, 0.2) is 60.8 Å². The van der Waals surface area contributed by atoms with Gasteiger partial charge in [-0.15, -0.1) is 0 Å². The normalized spacial score (nSPS) is 13.1. The molecule has 0 aliphatic carbocycles. The van der Waals surface area contributed by atoms with Crippen LogP contribution >= 0.6 is 11.6 Å². The molecule has 0 radical (unpaired) electrons. The third-order valence-corrected chi connectivity index (χ3v) is 4.39. The largest absolute Gasteiger partial charge is 0.478 e. The molecule has 2 aromatic carbocycles. The molecule has 150 valence electrons. The van der Waals surface area contributed by atoms with Crippen molar-refractivity contribution in [3.8, 4) is 11.3 Å². The van der Waals surface area contributed by atoms with E-state index in [-0.39, 0.29) is 5.56 Å². The number of nitrogens with zero attached hydrogens (tertiary/aromatic N) is 2. The Kier molecular flexibility index (Phi) is 7.52. The zero-order valence-electron chi connectivity index (χ0n) is 15.7. The summed E-state index contributed by atoms with van der Waals surface area (Å²) in [5, 5.41) is 19.1. The van der Waals surface area contributed by atoms with Crippen LogP contribution in [0.5, 0.6) is 0 Å². The summed E-state index contributed by atoms with van der Waals surface area (Å²) in [5.74, 6) is -0.530. The smallest absolute Gasteiger partial charge is 0.335 e. The van der Waals surface area contributed by atoms with Gasteiger partial charge < -0.3 is 21.1 Å². The summed E-state index contributed by atoms with van der Waals surface area (Å²) in [7, 11) is 0. The quantitative estimate of drug-likeness (QED) is 0.522. The molecular weight excluding hydrogens is 390 g/mol. The maximum Gasteiger partial charge on any atom is 0.335 e. The van der Waals surface area contributed by atoms with Gasteiger partial charge in [0.1, 0.15) is 0 Å². The van der Waals surface area contributed by atoms with E-state index in [2.05, 4.69) is 25.9 Å². The lowest BCUT2D eigenvalue weighted by atomic mass is 10.1. The van der Waals surface area contributed by atoms with Crippen LogP contribution in [0.2, 0.25) is 5.02 Å². The van der Waals surface area contributed by atoms with Crippen LogP contribution in [-0.2, 0) is 0 Å². The lowest BCUT2D eigenvalue weighted by Crippen LogP contribution is -2.39. The van der Waals surface area contributed by atoms with Crippen LogP contribution in [0.25, 0.3) is 11.3 Å². The Labute approximate surface area is 174 Å². The topological polar surface area (TPSA) is 99.2 Å². The van der Waals surface area contributed by atoms with Crippen LogP contribution in [-0.4, -0.2) is 47.2 Å². The van der Waals surface area contributed by atoms with Gasteiger partial charge in [-0.2, -0.15) is 0 Å². The third kappa shape index (κ3) is 6.53. The van der Waals surface area contributed by atoms with Crippen molar-refractivity contribution >= 4 is 29.2 Å². The van der Waals surface area contributed by atoms with Crippen molar-refractivity contribution in [1.82, 2.24) is 20.6 Å². The zero-order chi connectivity index (χ0) is 20.5. The predicted molar refractivity (Wildman–Crippen MR) is 115 cm³/mol. The number of rotatable bonds is 4. The molecule has 8 heteroatoms. The number of benzene rings is 2.